The second-order valence-electron chi connectivity index (χ2n) is 4.77. The first kappa shape index (κ1) is 12.6. The third kappa shape index (κ3) is 3.09. The molecule has 0 aromatic heterocycles. The normalized spacial score (nSPS) is 24.5. The van der Waals surface area contributed by atoms with Crippen molar-refractivity contribution in [3.8, 4) is 0 Å². The number of benzene rings is 1. The van der Waals surface area contributed by atoms with Crippen LogP contribution in [0.4, 0.5) is 0 Å². The van der Waals surface area contributed by atoms with Crippen LogP contribution in [0.2, 0.25) is 0 Å². The molecule has 1 N–H and O–H groups in total. The highest BCUT2D eigenvalue weighted by atomic mass is 79.9. The van der Waals surface area contributed by atoms with Crippen LogP contribution in [-0.4, -0.2) is 11.1 Å². The Morgan fingerprint density at radius 3 is 2.71 bits per heavy atom. The average molecular weight is 297 g/mol. The number of carbonyl (C=O) groups is 1. The largest absolute Gasteiger partial charge is 0.481 e. The van der Waals surface area contributed by atoms with Gasteiger partial charge in [0.15, 0.2) is 0 Å². The van der Waals surface area contributed by atoms with Gasteiger partial charge in [0.25, 0.3) is 0 Å². The van der Waals surface area contributed by atoms with E-state index in [9.17, 15) is 4.79 Å². The van der Waals surface area contributed by atoms with E-state index in [1.807, 2.05) is 18.2 Å². The Morgan fingerprint density at radius 2 is 2.00 bits per heavy atom. The molecule has 2 rings (SSSR count). The van der Waals surface area contributed by atoms with Crippen LogP contribution in [0.25, 0.3) is 0 Å². The zero-order chi connectivity index (χ0) is 12.3. The third-order valence-corrected chi connectivity index (χ3v) is 4.37. The lowest BCUT2D eigenvalue weighted by atomic mass is 9.74. The van der Waals surface area contributed by atoms with E-state index in [0.717, 1.165) is 17.3 Å². The highest BCUT2D eigenvalue weighted by molar-refractivity contribution is 9.10. The number of rotatable bonds is 3. The molecule has 2 atom stereocenters. The van der Waals surface area contributed by atoms with Gasteiger partial charge in [0.2, 0.25) is 0 Å². The fourth-order valence-electron chi connectivity index (χ4n) is 2.86. The monoisotopic (exact) mass is 296 g/mol. The summed E-state index contributed by atoms with van der Waals surface area (Å²) in [6, 6.07) is 8.20. The van der Waals surface area contributed by atoms with E-state index >= 15 is 0 Å². The molecular weight excluding hydrogens is 280 g/mol. The van der Waals surface area contributed by atoms with E-state index in [-0.39, 0.29) is 0 Å². The van der Waals surface area contributed by atoms with E-state index in [1.165, 1.54) is 18.4 Å². The van der Waals surface area contributed by atoms with Crippen LogP contribution < -0.4 is 0 Å². The van der Waals surface area contributed by atoms with Gasteiger partial charge in [-0.05, 0) is 36.3 Å². The number of hydrogen-bond acceptors (Lipinski definition) is 1. The van der Waals surface area contributed by atoms with Gasteiger partial charge in [-0.15, -0.1) is 0 Å². The van der Waals surface area contributed by atoms with Crippen molar-refractivity contribution in [2.45, 2.75) is 38.0 Å². The van der Waals surface area contributed by atoms with Gasteiger partial charge >= 0.3 is 5.97 Å². The van der Waals surface area contributed by atoms with Gasteiger partial charge in [-0.3, -0.25) is 4.79 Å². The predicted molar refractivity (Wildman–Crippen MR) is 71.1 cm³/mol. The molecule has 1 aliphatic rings. The number of carboxylic acids is 1. The fourth-order valence-corrected chi connectivity index (χ4v) is 3.44. The fraction of sp³-hybridized carbons (Fsp3) is 0.500. The summed E-state index contributed by atoms with van der Waals surface area (Å²) in [5.74, 6) is 0.0179. The van der Waals surface area contributed by atoms with Crippen molar-refractivity contribution in [2.24, 2.45) is 5.92 Å². The molecule has 0 saturated heterocycles. The Bertz CT molecular complexity index is 403. The molecule has 0 spiro atoms. The lowest BCUT2D eigenvalue weighted by molar-refractivity contribution is -0.138. The van der Waals surface area contributed by atoms with Crippen molar-refractivity contribution in [3.63, 3.8) is 0 Å². The van der Waals surface area contributed by atoms with Gasteiger partial charge in [-0.1, -0.05) is 47.0 Å². The minimum atomic E-state index is -0.672. The number of carboxylic acid groups (broad SMARTS) is 1. The molecule has 1 saturated carbocycles. The van der Waals surface area contributed by atoms with Gasteiger partial charge in [-0.2, -0.15) is 0 Å². The van der Waals surface area contributed by atoms with Crippen molar-refractivity contribution in [3.05, 3.63) is 34.3 Å². The first-order chi connectivity index (χ1) is 8.18. The highest BCUT2D eigenvalue weighted by Crippen LogP contribution is 2.41. The van der Waals surface area contributed by atoms with Crippen LogP contribution in [0.5, 0.6) is 0 Å². The summed E-state index contributed by atoms with van der Waals surface area (Å²) >= 11 is 3.58. The van der Waals surface area contributed by atoms with Crippen molar-refractivity contribution >= 4 is 21.9 Å². The number of halogens is 1. The van der Waals surface area contributed by atoms with E-state index < -0.39 is 5.97 Å². The molecular formula is C14H17BrO2. The molecule has 2 nitrogen and oxygen atoms in total. The Labute approximate surface area is 110 Å². The van der Waals surface area contributed by atoms with Crippen molar-refractivity contribution in [1.82, 2.24) is 0 Å². The van der Waals surface area contributed by atoms with Gasteiger partial charge in [-0.25, -0.2) is 0 Å². The summed E-state index contributed by atoms with van der Waals surface area (Å²) in [6.07, 6.45) is 4.83. The second-order valence-corrected chi connectivity index (χ2v) is 5.62. The Balaban J connectivity index is 2.21. The van der Waals surface area contributed by atoms with Crippen LogP contribution in [0.15, 0.2) is 28.7 Å². The van der Waals surface area contributed by atoms with E-state index in [2.05, 4.69) is 22.0 Å². The van der Waals surface area contributed by atoms with Gasteiger partial charge in [0.05, 0.1) is 0 Å². The first-order valence-corrected chi connectivity index (χ1v) is 6.94. The average Bonchev–Trinajstić information content (AvgIpc) is 2.30. The quantitative estimate of drug-likeness (QED) is 0.908. The maximum absolute atomic E-state index is 10.9. The molecule has 3 heteroatoms. The topological polar surface area (TPSA) is 37.3 Å². The van der Waals surface area contributed by atoms with E-state index in [1.54, 1.807) is 0 Å². The summed E-state index contributed by atoms with van der Waals surface area (Å²) < 4.78 is 1.11. The van der Waals surface area contributed by atoms with Gasteiger partial charge in [0.1, 0.15) is 0 Å². The molecule has 92 valence electrons. The Hall–Kier alpha value is -0.830. The van der Waals surface area contributed by atoms with Crippen LogP contribution in [0.1, 0.15) is 43.6 Å². The summed E-state index contributed by atoms with van der Waals surface area (Å²) in [7, 11) is 0. The molecule has 2 unspecified atom stereocenters. The zero-order valence-electron chi connectivity index (χ0n) is 9.73. The molecule has 17 heavy (non-hydrogen) atoms. The van der Waals surface area contributed by atoms with Gasteiger partial charge in [0, 0.05) is 10.9 Å². The van der Waals surface area contributed by atoms with Crippen molar-refractivity contribution in [1.29, 1.82) is 0 Å². The second kappa shape index (κ2) is 5.67. The molecule has 0 amide bonds. The van der Waals surface area contributed by atoms with E-state index in [4.69, 9.17) is 5.11 Å². The molecule has 0 aliphatic heterocycles. The minimum absolute atomic E-state index is 0.292. The van der Waals surface area contributed by atoms with Crippen LogP contribution >= 0.6 is 15.9 Å². The molecule has 1 aromatic carbocycles. The van der Waals surface area contributed by atoms with Crippen LogP contribution in [0, 0.1) is 5.92 Å². The first-order valence-electron chi connectivity index (χ1n) is 6.14. The van der Waals surface area contributed by atoms with Crippen molar-refractivity contribution < 1.29 is 9.90 Å². The number of hydrogen-bond donors (Lipinski definition) is 1. The molecule has 1 fully saturated rings. The predicted octanol–water partition coefficient (Wildman–Crippen LogP) is 4.20. The lowest BCUT2D eigenvalue weighted by Gasteiger charge is -2.31. The molecule has 0 heterocycles. The summed E-state index contributed by atoms with van der Waals surface area (Å²) in [5.41, 5.74) is 1.28. The summed E-state index contributed by atoms with van der Waals surface area (Å²) in [6.45, 7) is 0. The molecule has 0 radical (unpaired) electrons. The summed E-state index contributed by atoms with van der Waals surface area (Å²) in [4.78, 5) is 10.9. The molecule has 1 aromatic rings. The number of aliphatic carboxylic acids is 1. The lowest BCUT2D eigenvalue weighted by Crippen LogP contribution is -2.21. The summed E-state index contributed by atoms with van der Waals surface area (Å²) in [5, 5.41) is 8.99. The minimum Gasteiger partial charge on any atom is -0.481 e. The van der Waals surface area contributed by atoms with Gasteiger partial charge < -0.3 is 5.11 Å². The third-order valence-electron chi connectivity index (χ3n) is 3.65. The highest BCUT2D eigenvalue weighted by Gasteiger charge is 2.29. The zero-order valence-corrected chi connectivity index (χ0v) is 11.3. The maximum atomic E-state index is 10.9. The Kier molecular flexibility index (Phi) is 4.21. The maximum Gasteiger partial charge on any atom is 0.303 e. The molecule has 0 bridgehead atoms. The van der Waals surface area contributed by atoms with Crippen molar-refractivity contribution in [2.75, 3.05) is 0 Å². The molecule has 1 aliphatic carbocycles. The van der Waals surface area contributed by atoms with Crippen LogP contribution in [0.3, 0.4) is 0 Å². The van der Waals surface area contributed by atoms with Crippen LogP contribution in [-0.2, 0) is 4.79 Å². The smallest absolute Gasteiger partial charge is 0.303 e. The SMILES string of the molecule is O=C(O)CC1CCCCC1c1ccccc1Br. The van der Waals surface area contributed by atoms with E-state index in [0.29, 0.717) is 18.3 Å². The standard InChI is InChI=1S/C14H17BrO2/c15-13-8-4-3-7-12(13)11-6-2-1-5-10(11)9-14(16)17/h3-4,7-8,10-11H,1-2,5-6,9H2,(H,16,17). The Morgan fingerprint density at radius 1 is 1.29 bits per heavy atom.